The molecule has 0 radical (unpaired) electrons. The molecule has 0 aliphatic carbocycles. The molecule has 0 spiro atoms. The number of alkyl halides is 3. The van der Waals surface area contributed by atoms with Gasteiger partial charge in [0.2, 0.25) is 0 Å². The van der Waals surface area contributed by atoms with Crippen LogP contribution >= 0.6 is 0 Å². The summed E-state index contributed by atoms with van der Waals surface area (Å²) in [5.41, 5.74) is 0.698. The predicted octanol–water partition coefficient (Wildman–Crippen LogP) is 4.77. The summed E-state index contributed by atoms with van der Waals surface area (Å²) in [6, 6.07) is 6.53. The van der Waals surface area contributed by atoms with Crippen molar-refractivity contribution >= 4 is 5.97 Å². The molecule has 0 fully saturated rings. The van der Waals surface area contributed by atoms with Crippen LogP contribution < -0.4 is 0 Å². The fourth-order valence-corrected chi connectivity index (χ4v) is 2.20. The topological polar surface area (TPSA) is 39.4 Å². The molecule has 0 saturated heterocycles. The first-order valence-corrected chi connectivity index (χ1v) is 7.24. The van der Waals surface area contributed by atoms with E-state index in [1.54, 1.807) is 19.9 Å². The van der Waals surface area contributed by atoms with Crippen LogP contribution in [0.1, 0.15) is 30.2 Å². The van der Waals surface area contributed by atoms with Crippen molar-refractivity contribution in [3.05, 3.63) is 47.2 Å². The molecule has 0 unspecified atom stereocenters. The molecule has 0 bridgehead atoms. The van der Waals surface area contributed by atoms with Crippen LogP contribution in [0, 0.1) is 6.92 Å². The van der Waals surface area contributed by atoms with E-state index in [0.29, 0.717) is 30.1 Å². The highest BCUT2D eigenvalue weighted by molar-refractivity contribution is 5.70. The Balaban J connectivity index is 2.12. The van der Waals surface area contributed by atoms with Crippen LogP contribution in [0.5, 0.6) is 0 Å². The fourth-order valence-electron chi connectivity index (χ4n) is 2.20. The average Bonchev–Trinajstić information content (AvgIpc) is 2.86. The Morgan fingerprint density at radius 2 is 1.87 bits per heavy atom. The van der Waals surface area contributed by atoms with Crippen molar-refractivity contribution in [2.45, 2.75) is 32.9 Å². The largest absolute Gasteiger partial charge is 0.466 e. The molecular formula is C17H17F3O3. The number of halogens is 3. The van der Waals surface area contributed by atoms with Crippen molar-refractivity contribution in [1.29, 1.82) is 0 Å². The van der Waals surface area contributed by atoms with Crippen LogP contribution in [0.4, 0.5) is 13.2 Å². The second-order valence-electron chi connectivity index (χ2n) is 5.07. The maximum atomic E-state index is 12.6. The summed E-state index contributed by atoms with van der Waals surface area (Å²) in [6.45, 7) is 3.83. The lowest BCUT2D eigenvalue weighted by molar-refractivity contribution is -0.143. The van der Waals surface area contributed by atoms with Gasteiger partial charge >= 0.3 is 12.1 Å². The summed E-state index contributed by atoms with van der Waals surface area (Å²) in [7, 11) is 0. The normalized spacial score (nSPS) is 11.5. The Bertz CT molecular complexity index is 669. The maximum Gasteiger partial charge on any atom is 0.416 e. The summed E-state index contributed by atoms with van der Waals surface area (Å²) >= 11 is 0. The molecule has 2 rings (SSSR count). The molecule has 1 aromatic heterocycles. The van der Waals surface area contributed by atoms with Gasteiger partial charge in [-0.05, 0) is 44.0 Å². The van der Waals surface area contributed by atoms with E-state index in [-0.39, 0.29) is 12.4 Å². The van der Waals surface area contributed by atoms with Gasteiger partial charge in [-0.25, -0.2) is 0 Å². The van der Waals surface area contributed by atoms with Crippen molar-refractivity contribution in [3.8, 4) is 11.3 Å². The Labute approximate surface area is 132 Å². The van der Waals surface area contributed by atoms with Crippen LogP contribution in [0.15, 0.2) is 34.7 Å². The number of hydrogen-bond acceptors (Lipinski definition) is 3. The number of esters is 1. The molecule has 3 nitrogen and oxygen atoms in total. The third-order valence-corrected chi connectivity index (χ3v) is 3.42. The van der Waals surface area contributed by atoms with Crippen molar-refractivity contribution < 1.29 is 27.1 Å². The Hall–Kier alpha value is -2.24. The number of furan rings is 1. The highest BCUT2D eigenvalue weighted by atomic mass is 19.4. The van der Waals surface area contributed by atoms with Gasteiger partial charge in [0.05, 0.1) is 12.2 Å². The van der Waals surface area contributed by atoms with Gasteiger partial charge < -0.3 is 9.15 Å². The second kappa shape index (κ2) is 6.89. The third-order valence-electron chi connectivity index (χ3n) is 3.42. The van der Waals surface area contributed by atoms with Crippen molar-refractivity contribution in [2.75, 3.05) is 6.61 Å². The summed E-state index contributed by atoms with van der Waals surface area (Å²) < 4.78 is 48.1. The highest BCUT2D eigenvalue weighted by Gasteiger charge is 2.30. The number of benzene rings is 1. The zero-order chi connectivity index (χ0) is 17.0. The van der Waals surface area contributed by atoms with E-state index >= 15 is 0 Å². The molecule has 1 aromatic carbocycles. The van der Waals surface area contributed by atoms with Crippen LogP contribution in [0.3, 0.4) is 0 Å². The highest BCUT2D eigenvalue weighted by Crippen LogP contribution is 2.32. The quantitative estimate of drug-likeness (QED) is 0.743. The number of hydrogen-bond donors (Lipinski definition) is 0. The van der Waals surface area contributed by atoms with Gasteiger partial charge in [0, 0.05) is 12.0 Å². The first-order valence-electron chi connectivity index (χ1n) is 7.24. The fraction of sp³-hybridized carbons (Fsp3) is 0.353. The first kappa shape index (κ1) is 17.1. The van der Waals surface area contributed by atoms with Gasteiger partial charge in [0.1, 0.15) is 11.5 Å². The minimum Gasteiger partial charge on any atom is -0.466 e. The number of carbonyl (C=O) groups is 1. The second-order valence-corrected chi connectivity index (χ2v) is 5.07. The van der Waals surface area contributed by atoms with E-state index in [2.05, 4.69) is 0 Å². The first-order chi connectivity index (χ1) is 10.8. The lowest BCUT2D eigenvalue weighted by atomic mass is 10.1. The molecule has 0 aliphatic heterocycles. The molecule has 0 amide bonds. The van der Waals surface area contributed by atoms with Crippen LogP contribution in [0.2, 0.25) is 0 Å². The van der Waals surface area contributed by atoms with E-state index in [1.807, 2.05) is 0 Å². The molecule has 2 aromatic rings. The SMILES string of the molecule is CCOC(=O)CCc1cc(-c2ccc(C(F)(F)F)cc2)oc1C. The van der Waals surface area contributed by atoms with E-state index in [9.17, 15) is 18.0 Å². The number of aryl methyl sites for hydroxylation is 2. The molecule has 23 heavy (non-hydrogen) atoms. The third kappa shape index (κ3) is 4.37. The van der Waals surface area contributed by atoms with Gasteiger partial charge in [0.15, 0.2) is 0 Å². The summed E-state index contributed by atoms with van der Waals surface area (Å²) in [5, 5.41) is 0. The summed E-state index contributed by atoms with van der Waals surface area (Å²) in [4.78, 5) is 11.4. The number of carbonyl (C=O) groups excluding carboxylic acids is 1. The van der Waals surface area contributed by atoms with Crippen molar-refractivity contribution in [3.63, 3.8) is 0 Å². The van der Waals surface area contributed by atoms with Crippen LogP contribution in [0.25, 0.3) is 11.3 Å². The smallest absolute Gasteiger partial charge is 0.416 e. The standard InChI is InChI=1S/C17H17F3O3/c1-3-22-16(21)9-6-13-10-15(23-11(13)2)12-4-7-14(8-5-12)17(18,19)20/h4-5,7-8,10H,3,6,9H2,1-2H3. The molecule has 124 valence electrons. The van der Waals surface area contributed by atoms with Crippen molar-refractivity contribution in [2.24, 2.45) is 0 Å². The van der Waals surface area contributed by atoms with Crippen molar-refractivity contribution in [1.82, 2.24) is 0 Å². The zero-order valence-electron chi connectivity index (χ0n) is 12.9. The van der Waals surface area contributed by atoms with E-state index in [1.165, 1.54) is 12.1 Å². The molecule has 0 saturated carbocycles. The molecule has 0 atom stereocenters. The summed E-state index contributed by atoms with van der Waals surface area (Å²) in [5.74, 6) is 0.837. The lowest BCUT2D eigenvalue weighted by Gasteiger charge is -2.06. The Kier molecular flexibility index (Phi) is 5.13. The van der Waals surface area contributed by atoms with Gasteiger partial charge in [0.25, 0.3) is 0 Å². The van der Waals surface area contributed by atoms with E-state index in [0.717, 1.165) is 17.7 Å². The lowest BCUT2D eigenvalue weighted by Crippen LogP contribution is -2.05. The van der Waals surface area contributed by atoms with Gasteiger partial charge in [-0.1, -0.05) is 12.1 Å². The van der Waals surface area contributed by atoms with Gasteiger partial charge in [-0.2, -0.15) is 13.2 Å². The molecule has 6 heteroatoms. The zero-order valence-corrected chi connectivity index (χ0v) is 12.9. The Morgan fingerprint density at radius 3 is 2.43 bits per heavy atom. The molecule has 1 heterocycles. The summed E-state index contributed by atoms with van der Waals surface area (Å²) in [6.07, 6.45) is -3.65. The molecule has 0 N–H and O–H groups in total. The van der Waals surface area contributed by atoms with Gasteiger partial charge in [-0.15, -0.1) is 0 Å². The molecule has 0 aliphatic rings. The Morgan fingerprint density at radius 1 is 1.22 bits per heavy atom. The van der Waals surface area contributed by atoms with Gasteiger partial charge in [-0.3, -0.25) is 4.79 Å². The van der Waals surface area contributed by atoms with E-state index < -0.39 is 11.7 Å². The van der Waals surface area contributed by atoms with Crippen LogP contribution in [-0.2, 0) is 22.1 Å². The maximum absolute atomic E-state index is 12.6. The number of ether oxygens (including phenoxy) is 1. The van der Waals surface area contributed by atoms with E-state index in [4.69, 9.17) is 9.15 Å². The predicted molar refractivity (Wildman–Crippen MR) is 78.8 cm³/mol. The minimum atomic E-state index is -4.36. The minimum absolute atomic E-state index is 0.237. The average molecular weight is 326 g/mol. The molecular weight excluding hydrogens is 309 g/mol. The number of rotatable bonds is 5. The van der Waals surface area contributed by atoms with Crippen LogP contribution in [-0.4, -0.2) is 12.6 Å². The monoisotopic (exact) mass is 326 g/mol.